The molecule has 0 fully saturated rings. The summed E-state index contributed by atoms with van der Waals surface area (Å²) in [6, 6.07) is 3.91. The minimum absolute atomic E-state index is 0.0654. The van der Waals surface area contributed by atoms with Crippen LogP contribution in [0.25, 0.3) is 0 Å². The molecule has 1 N–H and O–H groups in total. The van der Waals surface area contributed by atoms with Crippen molar-refractivity contribution in [3.63, 3.8) is 0 Å². The van der Waals surface area contributed by atoms with Crippen LogP contribution >= 0.6 is 0 Å². The summed E-state index contributed by atoms with van der Waals surface area (Å²) in [5, 5.41) is 3.27. The number of halogens is 2. The quantitative estimate of drug-likeness (QED) is 0.881. The van der Waals surface area contributed by atoms with Crippen molar-refractivity contribution < 1.29 is 8.78 Å². The van der Waals surface area contributed by atoms with Gasteiger partial charge >= 0.3 is 0 Å². The van der Waals surface area contributed by atoms with E-state index in [0.717, 1.165) is 12.4 Å². The van der Waals surface area contributed by atoms with Crippen molar-refractivity contribution in [1.82, 2.24) is 14.9 Å². The molecule has 0 amide bonds. The predicted molar refractivity (Wildman–Crippen MR) is 74.2 cm³/mol. The Hall–Kier alpha value is -1.75. The lowest BCUT2D eigenvalue weighted by atomic mass is 10.2. The van der Waals surface area contributed by atoms with E-state index >= 15 is 0 Å². The molecule has 0 aliphatic heterocycles. The Labute approximate surface area is 117 Å². The molecule has 20 heavy (non-hydrogen) atoms. The molecule has 3 nitrogen and oxygen atoms in total. The van der Waals surface area contributed by atoms with Crippen molar-refractivity contribution in [2.24, 2.45) is 5.92 Å². The van der Waals surface area contributed by atoms with Crippen LogP contribution in [0.1, 0.15) is 25.2 Å². The van der Waals surface area contributed by atoms with E-state index in [2.05, 4.69) is 24.1 Å². The molecule has 0 spiro atoms. The fraction of sp³-hybridized carbons (Fsp3) is 0.400. The third kappa shape index (κ3) is 3.63. The molecule has 5 heteroatoms. The topological polar surface area (TPSA) is 29.9 Å². The van der Waals surface area contributed by atoms with Crippen LogP contribution in [0.15, 0.2) is 30.6 Å². The molecule has 0 unspecified atom stereocenters. The lowest BCUT2D eigenvalue weighted by molar-refractivity contribution is 0.519. The van der Waals surface area contributed by atoms with Gasteiger partial charge in [0.05, 0.1) is 13.1 Å². The maximum absolute atomic E-state index is 13.6. The first-order valence-electron chi connectivity index (χ1n) is 6.71. The van der Waals surface area contributed by atoms with Crippen LogP contribution in [0.3, 0.4) is 0 Å². The Bertz CT molecular complexity index is 544. The van der Waals surface area contributed by atoms with Gasteiger partial charge in [0.15, 0.2) is 0 Å². The van der Waals surface area contributed by atoms with Crippen LogP contribution in [-0.2, 0) is 13.1 Å². The van der Waals surface area contributed by atoms with Crippen molar-refractivity contribution in [3.05, 3.63) is 53.6 Å². The molecule has 1 aromatic heterocycles. The first-order valence-corrected chi connectivity index (χ1v) is 6.71. The first-order chi connectivity index (χ1) is 9.58. The molecule has 108 valence electrons. The van der Waals surface area contributed by atoms with Crippen molar-refractivity contribution in [3.8, 4) is 0 Å². The van der Waals surface area contributed by atoms with E-state index in [4.69, 9.17) is 0 Å². The van der Waals surface area contributed by atoms with Gasteiger partial charge in [0.25, 0.3) is 0 Å². The van der Waals surface area contributed by atoms with Gasteiger partial charge in [-0.2, -0.15) is 0 Å². The second-order valence-electron chi connectivity index (χ2n) is 5.20. The monoisotopic (exact) mass is 279 g/mol. The average molecular weight is 279 g/mol. The molecule has 1 heterocycles. The largest absolute Gasteiger partial charge is 0.329 e. The summed E-state index contributed by atoms with van der Waals surface area (Å²) in [5.74, 6) is 0.260. The Morgan fingerprint density at radius 2 is 1.95 bits per heavy atom. The minimum atomic E-state index is -0.528. The van der Waals surface area contributed by atoms with E-state index in [1.54, 1.807) is 17.0 Å². The SMILES string of the molecule is CC(C)CNCc1nccn1Cc1c(F)cccc1F. The predicted octanol–water partition coefficient (Wildman–Crippen LogP) is 2.96. The summed E-state index contributed by atoms with van der Waals surface area (Å²) < 4.78 is 29.0. The Morgan fingerprint density at radius 1 is 1.25 bits per heavy atom. The normalized spacial score (nSPS) is 11.2. The van der Waals surface area contributed by atoms with E-state index in [1.165, 1.54) is 18.2 Å². The van der Waals surface area contributed by atoms with Crippen LogP contribution in [0.2, 0.25) is 0 Å². The molecule has 2 rings (SSSR count). The van der Waals surface area contributed by atoms with E-state index in [0.29, 0.717) is 12.5 Å². The van der Waals surface area contributed by atoms with E-state index in [9.17, 15) is 8.78 Å². The van der Waals surface area contributed by atoms with Gasteiger partial charge in [-0.3, -0.25) is 0 Å². The average Bonchev–Trinajstić information content (AvgIpc) is 2.81. The molecule has 0 atom stereocenters. The fourth-order valence-corrected chi connectivity index (χ4v) is 1.98. The van der Waals surface area contributed by atoms with Gasteiger partial charge < -0.3 is 9.88 Å². The summed E-state index contributed by atoms with van der Waals surface area (Å²) >= 11 is 0. The number of aromatic nitrogens is 2. The third-order valence-corrected chi connectivity index (χ3v) is 3.03. The van der Waals surface area contributed by atoms with Crippen molar-refractivity contribution in [2.75, 3.05) is 6.54 Å². The molecule has 1 aromatic carbocycles. The van der Waals surface area contributed by atoms with E-state index < -0.39 is 11.6 Å². The zero-order valence-corrected chi connectivity index (χ0v) is 11.7. The highest BCUT2D eigenvalue weighted by Gasteiger charge is 2.11. The summed E-state index contributed by atoms with van der Waals surface area (Å²) in [6.07, 6.45) is 3.38. The van der Waals surface area contributed by atoms with Gasteiger partial charge in [0, 0.05) is 18.0 Å². The molecule has 0 aliphatic carbocycles. The zero-order valence-electron chi connectivity index (χ0n) is 11.7. The molecular weight excluding hydrogens is 260 g/mol. The van der Waals surface area contributed by atoms with Crippen molar-refractivity contribution >= 4 is 0 Å². The van der Waals surface area contributed by atoms with Gasteiger partial charge in [-0.15, -0.1) is 0 Å². The number of benzene rings is 1. The fourth-order valence-electron chi connectivity index (χ4n) is 1.98. The molecule has 0 saturated carbocycles. The van der Waals surface area contributed by atoms with Crippen LogP contribution in [0, 0.1) is 17.6 Å². The summed E-state index contributed by atoms with van der Waals surface area (Å²) in [6.45, 7) is 5.85. The number of rotatable bonds is 6. The maximum atomic E-state index is 13.6. The second-order valence-corrected chi connectivity index (χ2v) is 5.20. The number of hydrogen-bond acceptors (Lipinski definition) is 2. The van der Waals surface area contributed by atoms with Crippen LogP contribution in [-0.4, -0.2) is 16.1 Å². The van der Waals surface area contributed by atoms with Gasteiger partial charge in [0.1, 0.15) is 17.5 Å². The van der Waals surface area contributed by atoms with Gasteiger partial charge in [-0.05, 0) is 24.6 Å². The highest BCUT2D eigenvalue weighted by Crippen LogP contribution is 2.14. The van der Waals surface area contributed by atoms with Crippen molar-refractivity contribution in [2.45, 2.75) is 26.9 Å². The number of nitrogens with one attached hydrogen (secondary N) is 1. The van der Waals surface area contributed by atoms with E-state index in [-0.39, 0.29) is 12.1 Å². The standard InChI is InChI=1S/C15H19F2N3/c1-11(2)8-18-9-15-19-6-7-20(15)10-12-13(16)4-3-5-14(12)17/h3-7,11,18H,8-10H2,1-2H3. The molecular formula is C15H19F2N3. The number of imidazole rings is 1. The Morgan fingerprint density at radius 3 is 2.60 bits per heavy atom. The molecule has 0 aliphatic rings. The first kappa shape index (κ1) is 14.7. The Kier molecular flexibility index (Phi) is 4.84. The summed E-state index contributed by atoms with van der Waals surface area (Å²) in [4.78, 5) is 4.22. The maximum Gasteiger partial charge on any atom is 0.131 e. The summed E-state index contributed by atoms with van der Waals surface area (Å²) in [7, 11) is 0. The second kappa shape index (κ2) is 6.61. The smallest absolute Gasteiger partial charge is 0.131 e. The molecule has 0 bridgehead atoms. The molecule has 0 radical (unpaired) electrons. The van der Waals surface area contributed by atoms with E-state index in [1.807, 2.05) is 0 Å². The minimum Gasteiger partial charge on any atom is -0.329 e. The van der Waals surface area contributed by atoms with Crippen molar-refractivity contribution in [1.29, 1.82) is 0 Å². The van der Waals surface area contributed by atoms with Crippen LogP contribution in [0.5, 0.6) is 0 Å². The summed E-state index contributed by atoms with van der Waals surface area (Å²) in [5.41, 5.74) is 0.0654. The lowest BCUT2D eigenvalue weighted by Gasteiger charge is -2.11. The van der Waals surface area contributed by atoms with Gasteiger partial charge in [-0.25, -0.2) is 13.8 Å². The highest BCUT2D eigenvalue weighted by atomic mass is 19.1. The lowest BCUT2D eigenvalue weighted by Crippen LogP contribution is -2.21. The third-order valence-electron chi connectivity index (χ3n) is 3.03. The van der Waals surface area contributed by atoms with Crippen LogP contribution in [0.4, 0.5) is 8.78 Å². The van der Waals surface area contributed by atoms with Gasteiger partial charge in [-0.1, -0.05) is 19.9 Å². The van der Waals surface area contributed by atoms with Crippen LogP contribution < -0.4 is 5.32 Å². The highest BCUT2D eigenvalue weighted by molar-refractivity contribution is 5.20. The zero-order chi connectivity index (χ0) is 14.5. The van der Waals surface area contributed by atoms with Gasteiger partial charge in [0.2, 0.25) is 0 Å². The molecule has 0 saturated heterocycles. The number of hydrogen-bond donors (Lipinski definition) is 1. The number of nitrogens with zero attached hydrogens (tertiary/aromatic N) is 2. The molecule has 2 aromatic rings. The Balaban J connectivity index is 2.09.